The summed E-state index contributed by atoms with van der Waals surface area (Å²) >= 11 is 0. The van der Waals surface area contributed by atoms with Gasteiger partial charge in [-0.2, -0.15) is 0 Å². The lowest BCUT2D eigenvalue weighted by Gasteiger charge is -2.09. The van der Waals surface area contributed by atoms with Gasteiger partial charge in [-0.1, -0.05) is 26.0 Å². The molecule has 1 heterocycles. The number of nitrogens with two attached hydrogens (primary N) is 1. The Balaban J connectivity index is 2.60. The number of benzene rings is 1. The molecule has 18 heavy (non-hydrogen) atoms. The highest BCUT2D eigenvalue weighted by Crippen LogP contribution is 2.13. The fourth-order valence-electron chi connectivity index (χ4n) is 2.25. The topological polar surface area (TPSA) is 52.9 Å². The van der Waals surface area contributed by atoms with Crippen molar-refractivity contribution in [2.24, 2.45) is 7.05 Å². The minimum absolute atomic E-state index is 0.140. The third kappa shape index (κ3) is 1.83. The highest BCUT2D eigenvalue weighted by Gasteiger charge is 2.14. The van der Waals surface area contributed by atoms with Crippen LogP contribution in [0.3, 0.4) is 0 Å². The molecule has 2 rings (SSSR count). The van der Waals surface area contributed by atoms with Gasteiger partial charge in [0.05, 0.1) is 11.4 Å². The molecule has 0 unspecified atom stereocenters. The van der Waals surface area contributed by atoms with Gasteiger partial charge in [0.15, 0.2) is 0 Å². The average Bonchev–Trinajstić information content (AvgIpc) is 2.60. The maximum Gasteiger partial charge on any atom is 0.294 e. The summed E-state index contributed by atoms with van der Waals surface area (Å²) in [5.41, 5.74) is 9.04. The molecule has 0 aliphatic rings. The number of aromatic nitrogens is 2. The van der Waals surface area contributed by atoms with Crippen molar-refractivity contribution in [3.63, 3.8) is 0 Å². The standard InChI is InChI=1S/C14H19N3O/c1-4-10-6-8-11(9-7-10)17-14(18)13(15)12(5-2)16(17)3/h6-9H,4-5,15H2,1-3H3. The molecule has 0 aliphatic carbocycles. The molecule has 0 atom stereocenters. The second-order valence-electron chi connectivity index (χ2n) is 4.37. The summed E-state index contributed by atoms with van der Waals surface area (Å²) in [6, 6.07) is 7.99. The van der Waals surface area contributed by atoms with Gasteiger partial charge in [0.25, 0.3) is 5.56 Å². The first-order chi connectivity index (χ1) is 8.60. The smallest absolute Gasteiger partial charge is 0.294 e. The van der Waals surface area contributed by atoms with Crippen LogP contribution in [0.1, 0.15) is 25.1 Å². The van der Waals surface area contributed by atoms with E-state index in [4.69, 9.17) is 5.73 Å². The molecule has 4 heteroatoms. The third-order valence-electron chi connectivity index (χ3n) is 3.35. The summed E-state index contributed by atoms with van der Waals surface area (Å²) in [5, 5.41) is 0. The Labute approximate surface area is 107 Å². The molecule has 0 aliphatic heterocycles. The maximum absolute atomic E-state index is 12.1. The Kier molecular flexibility index (Phi) is 3.28. The Morgan fingerprint density at radius 1 is 1.11 bits per heavy atom. The molecule has 0 bridgehead atoms. The zero-order chi connectivity index (χ0) is 13.3. The van der Waals surface area contributed by atoms with E-state index in [-0.39, 0.29) is 5.56 Å². The van der Waals surface area contributed by atoms with Gasteiger partial charge in [-0.25, -0.2) is 4.68 Å². The fourth-order valence-corrected chi connectivity index (χ4v) is 2.25. The van der Waals surface area contributed by atoms with E-state index >= 15 is 0 Å². The zero-order valence-corrected chi connectivity index (χ0v) is 11.1. The summed E-state index contributed by atoms with van der Waals surface area (Å²) in [6.07, 6.45) is 1.74. The van der Waals surface area contributed by atoms with Gasteiger partial charge < -0.3 is 5.73 Å². The summed E-state index contributed by atoms with van der Waals surface area (Å²) in [4.78, 5) is 12.1. The molecule has 0 fully saturated rings. The minimum Gasteiger partial charge on any atom is -0.393 e. The van der Waals surface area contributed by atoms with E-state index in [2.05, 4.69) is 6.92 Å². The SMILES string of the molecule is CCc1ccc(-n2c(=O)c(N)c(CC)n2C)cc1. The van der Waals surface area contributed by atoms with Crippen LogP contribution >= 0.6 is 0 Å². The third-order valence-corrected chi connectivity index (χ3v) is 3.35. The molecule has 1 aromatic carbocycles. The van der Waals surface area contributed by atoms with Crippen molar-refractivity contribution in [1.29, 1.82) is 0 Å². The molecule has 4 nitrogen and oxygen atoms in total. The van der Waals surface area contributed by atoms with Crippen molar-refractivity contribution in [2.45, 2.75) is 26.7 Å². The van der Waals surface area contributed by atoms with E-state index in [0.29, 0.717) is 5.69 Å². The number of aryl methyl sites for hydroxylation is 1. The second kappa shape index (κ2) is 4.72. The lowest BCUT2D eigenvalue weighted by molar-refractivity contribution is 0.618. The van der Waals surface area contributed by atoms with Crippen LogP contribution in [0.5, 0.6) is 0 Å². The van der Waals surface area contributed by atoms with Gasteiger partial charge in [-0.3, -0.25) is 9.48 Å². The predicted molar refractivity (Wildman–Crippen MR) is 74.2 cm³/mol. The molecule has 96 valence electrons. The first-order valence-corrected chi connectivity index (χ1v) is 6.25. The summed E-state index contributed by atoms with van der Waals surface area (Å²) in [6.45, 7) is 4.10. The summed E-state index contributed by atoms with van der Waals surface area (Å²) < 4.78 is 3.45. The van der Waals surface area contributed by atoms with E-state index in [1.807, 2.05) is 42.9 Å². The van der Waals surface area contributed by atoms with Crippen LogP contribution in [0.15, 0.2) is 29.1 Å². The van der Waals surface area contributed by atoms with E-state index in [1.54, 1.807) is 4.68 Å². The van der Waals surface area contributed by atoms with Crippen molar-refractivity contribution < 1.29 is 0 Å². The molecular weight excluding hydrogens is 226 g/mol. The largest absolute Gasteiger partial charge is 0.393 e. The Morgan fingerprint density at radius 3 is 2.17 bits per heavy atom. The van der Waals surface area contributed by atoms with E-state index in [9.17, 15) is 4.79 Å². The highest BCUT2D eigenvalue weighted by molar-refractivity contribution is 5.45. The van der Waals surface area contributed by atoms with Gasteiger partial charge in [0, 0.05) is 7.05 Å². The van der Waals surface area contributed by atoms with Crippen molar-refractivity contribution in [3.05, 3.63) is 45.9 Å². The number of nitrogens with zero attached hydrogens (tertiary/aromatic N) is 2. The number of anilines is 1. The molecule has 0 saturated heterocycles. The Hall–Kier alpha value is -1.97. The highest BCUT2D eigenvalue weighted by atomic mass is 16.1. The lowest BCUT2D eigenvalue weighted by atomic mass is 10.1. The average molecular weight is 245 g/mol. The van der Waals surface area contributed by atoms with Gasteiger partial charge in [-0.05, 0) is 30.5 Å². The number of nitrogen functional groups attached to an aromatic ring is 1. The van der Waals surface area contributed by atoms with Crippen LogP contribution in [0, 0.1) is 0 Å². The van der Waals surface area contributed by atoms with Crippen LogP contribution in [0.25, 0.3) is 5.69 Å². The van der Waals surface area contributed by atoms with Crippen LogP contribution in [-0.4, -0.2) is 9.36 Å². The number of hydrogen-bond donors (Lipinski definition) is 1. The van der Waals surface area contributed by atoms with Crippen LogP contribution < -0.4 is 11.3 Å². The first kappa shape index (κ1) is 12.5. The predicted octanol–water partition coefficient (Wildman–Crippen LogP) is 1.88. The van der Waals surface area contributed by atoms with Crippen LogP contribution in [0.4, 0.5) is 5.69 Å². The molecule has 0 spiro atoms. The lowest BCUT2D eigenvalue weighted by Crippen LogP contribution is -2.20. The normalized spacial score (nSPS) is 10.8. The van der Waals surface area contributed by atoms with Crippen molar-refractivity contribution in [1.82, 2.24) is 9.36 Å². The summed E-state index contributed by atoms with van der Waals surface area (Å²) in [7, 11) is 1.87. The first-order valence-electron chi connectivity index (χ1n) is 6.25. The maximum atomic E-state index is 12.1. The van der Waals surface area contributed by atoms with Crippen LogP contribution in [-0.2, 0) is 19.9 Å². The molecule has 2 aromatic rings. The number of hydrogen-bond acceptors (Lipinski definition) is 2. The Bertz CT molecular complexity index is 605. The van der Waals surface area contributed by atoms with Gasteiger partial charge in [-0.15, -0.1) is 0 Å². The van der Waals surface area contributed by atoms with Crippen molar-refractivity contribution in [3.8, 4) is 5.69 Å². The summed E-state index contributed by atoms with van der Waals surface area (Å²) in [5.74, 6) is 0. The Morgan fingerprint density at radius 2 is 1.72 bits per heavy atom. The van der Waals surface area contributed by atoms with E-state index in [1.165, 1.54) is 5.56 Å². The minimum atomic E-state index is -0.140. The van der Waals surface area contributed by atoms with E-state index < -0.39 is 0 Å². The quantitative estimate of drug-likeness (QED) is 0.897. The van der Waals surface area contributed by atoms with Crippen LogP contribution in [0.2, 0.25) is 0 Å². The molecule has 2 N–H and O–H groups in total. The molecule has 0 radical (unpaired) electrons. The van der Waals surface area contributed by atoms with Gasteiger partial charge >= 0.3 is 0 Å². The van der Waals surface area contributed by atoms with E-state index in [0.717, 1.165) is 24.2 Å². The fraction of sp³-hybridized carbons (Fsp3) is 0.357. The number of rotatable bonds is 3. The van der Waals surface area contributed by atoms with Gasteiger partial charge in [0.2, 0.25) is 0 Å². The van der Waals surface area contributed by atoms with Crippen molar-refractivity contribution >= 4 is 5.69 Å². The second-order valence-corrected chi connectivity index (χ2v) is 4.37. The van der Waals surface area contributed by atoms with Crippen molar-refractivity contribution in [2.75, 3.05) is 5.73 Å². The van der Waals surface area contributed by atoms with Gasteiger partial charge in [0.1, 0.15) is 5.69 Å². The monoisotopic (exact) mass is 245 g/mol. The zero-order valence-electron chi connectivity index (χ0n) is 11.1. The molecule has 1 aromatic heterocycles. The molecule has 0 amide bonds. The molecular formula is C14H19N3O. The molecule has 0 saturated carbocycles.